The van der Waals surface area contributed by atoms with Gasteiger partial charge in [0.05, 0.1) is 6.20 Å². The van der Waals surface area contributed by atoms with E-state index in [4.69, 9.17) is 0 Å². The summed E-state index contributed by atoms with van der Waals surface area (Å²) in [6, 6.07) is 0. The van der Waals surface area contributed by atoms with Gasteiger partial charge in [-0.25, -0.2) is 0 Å². The van der Waals surface area contributed by atoms with Crippen molar-refractivity contribution in [3.8, 4) is 0 Å². The fourth-order valence-electron chi connectivity index (χ4n) is 3.09. The Morgan fingerprint density at radius 3 is 2.76 bits per heavy atom. The Morgan fingerprint density at radius 2 is 2.08 bits per heavy atom. The van der Waals surface area contributed by atoms with Crippen molar-refractivity contribution in [1.82, 2.24) is 24.9 Å². The minimum absolute atomic E-state index is 0.208. The molecule has 0 saturated heterocycles. The van der Waals surface area contributed by atoms with Crippen LogP contribution in [0.4, 0.5) is 13.2 Å². The molecule has 0 fully saturated rings. The van der Waals surface area contributed by atoms with Gasteiger partial charge >= 0.3 is 6.18 Å². The van der Waals surface area contributed by atoms with Crippen LogP contribution in [0.5, 0.6) is 0 Å². The molecular weight excluding hydrogens is 335 g/mol. The smallest absolute Gasteiger partial charge is 0.350 e. The van der Waals surface area contributed by atoms with E-state index in [1.165, 1.54) is 4.68 Å². The number of aromatic nitrogens is 4. The third-order valence-corrected chi connectivity index (χ3v) is 4.32. The number of aryl methyl sites for hydroxylation is 1. The molecule has 25 heavy (non-hydrogen) atoms. The van der Waals surface area contributed by atoms with Crippen molar-refractivity contribution in [3.05, 3.63) is 34.9 Å². The molecule has 0 bridgehead atoms. The van der Waals surface area contributed by atoms with E-state index in [1.54, 1.807) is 10.9 Å². The van der Waals surface area contributed by atoms with E-state index >= 15 is 0 Å². The predicted molar refractivity (Wildman–Crippen MR) is 83.6 cm³/mol. The molecule has 6 nitrogen and oxygen atoms in total. The molecule has 1 aliphatic rings. The van der Waals surface area contributed by atoms with Gasteiger partial charge in [-0.1, -0.05) is 0 Å². The summed E-state index contributed by atoms with van der Waals surface area (Å²) in [4.78, 5) is 12.1. The minimum Gasteiger partial charge on any atom is -0.350 e. The van der Waals surface area contributed by atoms with Crippen LogP contribution in [0.3, 0.4) is 0 Å². The van der Waals surface area contributed by atoms with Gasteiger partial charge in [0.15, 0.2) is 5.69 Å². The standard InChI is InChI=1S/C16H20F3N5O/c1-2-23-9-11(8-21-23)7-20-14(25)10-24-13-6-4-3-5-12(13)15(22-24)16(17,18)19/h8-9H,2-7,10H2,1H3,(H,20,25). The fourth-order valence-corrected chi connectivity index (χ4v) is 3.09. The van der Waals surface area contributed by atoms with Crippen LogP contribution in [0.25, 0.3) is 0 Å². The number of alkyl halides is 3. The second kappa shape index (κ2) is 6.89. The fraction of sp³-hybridized carbons (Fsp3) is 0.562. The van der Waals surface area contributed by atoms with Gasteiger partial charge in [0, 0.05) is 36.1 Å². The number of carbonyl (C=O) groups is 1. The number of nitrogens with zero attached hydrogens (tertiary/aromatic N) is 4. The van der Waals surface area contributed by atoms with Crippen LogP contribution in [0.2, 0.25) is 0 Å². The summed E-state index contributed by atoms with van der Waals surface area (Å²) in [6.07, 6.45) is 1.40. The summed E-state index contributed by atoms with van der Waals surface area (Å²) in [5.74, 6) is -0.367. The molecule has 0 radical (unpaired) electrons. The van der Waals surface area contributed by atoms with Gasteiger partial charge in [-0.05, 0) is 32.6 Å². The van der Waals surface area contributed by atoms with Crippen LogP contribution in [-0.4, -0.2) is 25.5 Å². The van der Waals surface area contributed by atoms with Crippen LogP contribution < -0.4 is 5.32 Å². The largest absolute Gasteiger partial charge is 0.435 e. The number of nitrogens with one attached hydrogen (secondary N) is 1. The molecule has 0 unspecified atom stereocenters. The van der Waals surface area contributed by atoms with E-state index in [2.05, 4.69) is 15.5 Å². The Bertz CT molecular complexity index is 762. The Morgan fingerprint density at radius 1 is 1.32 bits per heavy atom. The Balaban J connectivity index is 1.69. The van der Waals surface area contributed by atoms with E-state index in [0.717, 1.165) is 24.9 Å². The van der Waals surface area contributed by atoms with Gasteiger partial charge in [0.2, 0.25) is 5.91 Å². The van der Waals surface area contributed by atoms with Gasteiger partial charge in [-0.2, -0.15) is 23.4 Å². The highest BCUT2D eigenvalue weighted by Crippen LogP contribution is 2.35. The second-order valence-electron chi connectivity index (χ2n) is 6.12. The van der Waals surface area contributed by atoms with Crippen LogP contribution in [0.1, 0.15) is 42.3 Å². The molecule has 1 amide bonds. The van der Waals surface area contributed by atoms with Crippen molar-refractivity contribution >= 4 is 5.91 Å². The topological polar surface area (TPSA) is 64.7 Å². The molecule has 0 spiro atoms. The predicted octanol–water partition coefficient (Wildman–Crippen LogP) is 2.31. The number of halogens is 3. The Labute approximate surface area is 143 Å². The maximum atomic E-state index is 13.1. The van der Waals surface area contributed by atoms with Gasteiger partial charge in [-0.3, -0.25) is 14.2 Å². The highest BCUT2D eigenvalue weighted by molar-refractivity contribution is 5.75. The summed E-state index contributed by atoms with van der Waals surface area (Å²) < 4.78 is 42.4. The van der Waals surface area contributed by atoms with E-state index in [9.17, 15) is 18.0 Å². The van der Waals surface area contributed by atoms with Crippen molar-refractivity contribution in [1.29, 1.82) is 0 Å². The molecule has 3 rings (SSSR count). The molecule has 136 valence electrons. The van der Waals surface area contributed by atoms with Crippen molar-refractivity contribution in [2.75, 3.05) is 0 Å². The highest BCUT2D eigenvalue weighted by Gasteiger charge is 2.39. The first-order valence-electron chi connectivity index (χ1n) is 8.32. The number of amides is 1. The Kier molecular flexibility index (Phi) is 4.82. The lowest BCUT2D eigenvalue weighted by atomic mass is 9.95. The monoisotopic (exact) mass is 355 g/mol. The third kappa shape index (κ3) is 3.85. The first-order chi connectivity index (χ1) is 11.9. The zero-order chi connectivity index (χ0) is 18.0. The van der Waals surface area contributed by atoms with E-state index < -0.39 is 11.9 Å². The molecule has 0 atom stereocenters. The maximum absolute atomic E-state index is 13.1. The lowest BCUT2D eigenvalue weighted by Gasteiger charge is -2.14. The SMILES string of the molecule is CCn1cc(CNC(=O)Cn2nc(C(F)(F)F)c3c2CCCC3)cn1. The van der Waals surface area contributed by atoms with Crippen LogP contribution in [-0.2, 0) is 43.4 Å². The van der Waals surface area contributed by atoms with Crippen LogP contribution in [0, 0.1) is 0 Å². The van der Waals surface area contributed by atoms with E-state index in [1.807, 2.05) is 13.1 Å². The molecule has 2 heterocycles. The van der Waals surface area contributed by atoms with E-state index in [0.29, 0.717) is 18.5 Å². The number of rotatable bonds is 5. The average Bonchev–Trinajstić information content (AvgIpc) is 3.17. The summed E-state index contributed by atoms with van der Waals surface area (Å²) in [5, 5.41) is 10.5. The summed E-state index contributed by atoms with van der Waals surface area (Å²) in [5.41, 5.74) is 0.774. The molecule has 0 aliphatic heterocycles. The number of fused-ring (bicyclic) bond motifs is 1. The van der Waals surface area contributed by atoms with Crippen LogP contribution in [0.15, 0.2) is 12.4 Å². The Hall–Kier alpha value is -2.32. The molecular formula is C16H20F3N5O. The van der Waals surface area contributed by atoms with E-state index in [-0.39, 0.29) is 24.6 Å². The van der Waals surface area contributed by atoms with Gasteiger partial charge < -0.3 is 5.32 Å². The number of carbonyl (C=O) groups excluding carboxylic acids is 1. The van der Waals surface area contributed by atoms with Crippen molar-refractivity contribution < 1.29 is 18.0 Å². The average molecular weight is 355 g/mol. The second-order valence-corrected chi connectivity index (χ2v) is 6.12. The lowest BCUT2D eigenvalue weighted by molar-refractivity contribution is -0.142. The molecule has 1 N–H and O–H groups in total. The normalized spacial score (nSPS) is 14.4. The first kappa shape index (κ1) is 17.5. The first-order valence-corrected chi connectivity index (χ1v) is 8.32. The third-order valence-electron chi connectivity index (χ3n) is 4.32. The molecule has 1 aliphatic carbocycles. The van der Waals surface area contributed by atoms with Crippen molar-refractivity contribution in [3.63, 3.8) is 0 Å². The maximum Gasteiger partial charge on any atom is 0.435 e. The summed E-state index contributed by atoms with van der Waals surface area (Å²) in [6.45, 7) is 2.76. The molecule has 0 saturated carbocycles. The molecule has 2 aromatic rings. The van der Waals surface area contributed by atoms with Crippen LogP contribution >= 0.6 is 0 Å². The van der Waals surface area contributed by atoms with Crippen molar-refractivity contribution in [2.24, 2.45) is 0 Å². The molecule has 0 aromatic carbocycles. The zero-order valence-corrected chi connectivity index (χ0v) is 13.9. The molecule has 9 heteroatoms. The van der Waals surface area contributed by atoms with Gasteiger partial charge in [0.1, 0.15) is 6.54 Å². The number of hydrogen-bond donors (Lipinski definition) is 1. The summed E-state index contributed by atoms with van der Waals surface area (Å²) in [7, 11) is 0. The number of hydrogen-bond acceptors (Lipinski definition) is 3. The lowest BCUT2D eigenvalue weighted by Crippen LogP contribution is -2.28. The quantitative estimate of drug-likeness (QED) is 0.895. The summed E-state index contributed by atoms with van der Waals surface area (Å²) >= 11 is 0. The van der Waals surface area contributed by atoms with Gasteiger partial charge in [0.25, 0.3) is 0 Å². The zero-order valence-electron chi connectivity index (χ0n) is 13.9. The van der Waals surface area contributed by atoms with Crippen molar-refractivity contribution in [2.45, 2.75) is 58.4 Å². The molecule has 2 aromatic heterocycles. The van der Waals surface area contributed by atoms with Gasteiger partial charge in [-0.15, -0.1) is 0 Å². The highest BCUT2D eigenvalue weighted by atomic mass is 19.4. The minimum atomic E-state index is -4.49.